The van der Waals surface area contributed by atoms with Crippen LogP contribution in [-0.2, 0) is 5.54 Å². The predicted molar refractivity (Wildman–Crippen MR) is 46.3 cm³/mol. The molecule has 0 spiro atoms. The van der Waals surface area contributed by atoms with Crippen molar-refractivity contribution < 1.29 is 4.39 Å². The van der Waals surface area contributed by atoms with Gasteiger partial charge in [0.2, 0.25) is 5.82 Å². The maximum absolute atomic E-state index is 12.8. The molecular formula is C8H11FN2O2. The van der Waals surface area contributed by atoms with Gasteiger partial charge in [-0.2, -0.15) is 4.39 Å². The Morgan fingerprint density at radius 1 is 1.38 bits per heavy atom. The summed E-state index contributed by atoms with van der Waals surface area (Å²) in [7, 11) is 0. The lowest BCUT2D eigenvalue weighted by molar-refractivity contribution is 0.365. The van der Waals surface area contributed by atoms with Crippen LogP contribution in [0.1, 0.15) is 20.8 Å². The van der Waals surface area contributed by atoms with E-state index in [-0.39, 0.29) is 0 Å². The van der Waals surface area contributed by atoms with Gasteiger partial charge < -0.3 is 0 Å². The minimum absolute atomic E-state index is 0.540. The number of H-pyrrole nitrogens is 1. The molecule has 5 heteroatoms. The molecule has 0 aliphatic carbocycles. The number of halogens is 1. The number of nitrogens with zero attached hydrogens (tertiary/aromatic N) is 1. The molecule has 1 aromatic rings. The molecule has 0 fully saturated rings. The molecule has 13 heavy (non-hydrogen) atoms. The second-order valence-electron chi connectivity index (χ2n) is 3.78. The maximum Gasteiger partial charge on any atom is 0.328 e. The Bertz CT molecular complexity index is 425. The van der Waals surface area contributed by atoms with Gasteiger partial charge in [-0.25, -0.2) is 4.79 Å². The van der Waals surface area contributed by atoms with E-state index in [2.05, 4.69) is 0 Å². The molecule has 0 bridgehead atoms. The number of hydrogen-bond donors (Lipinski definition) is 1. The first-order valence-corrected chi connectivity index (χ1v) is 3.84. The molecule has 1 heterocycles. The van der Waals surface area contributed by atoms with Crippen molar-refractivity contribution in [2.75, 3.05) is 0 Å². The molecule has 0 aromatic carbocycles. The molecule has 0 unspecified atom stereocenters. The molecule has 0 amide bonds. The second kappa shape index (κ2) is 2.83. The standard InChI is InChI=1S/C8H11FN2O2/c1-8(2,3)11-4-5(9)6(12)10-7(11)13/h4H,1-3H3,(H,10,12,13). The SMILES string of the molecule is CC(C)(C)n1cc(F)c(=O)[nH]c1=O. The van der Waals surface area contributed by atoms with Gasteiger partial charge in [-0.05, 0) is 20.8 Å². The molecule has 4 nitrogen and oxygen atoms in total. The molecule has 1 N–H and O–H groups in total. The lowest BCUT2D eigenvalue weighted by Gasteiger charge is -2.21. The van der Waals surface area contributed by atoms with Gasteiger partial charge >= 0.3 is 5.69 Å². The molecule has 0 aliphatic rings. The van der Waals surface area contributed by atoms with Crippen LogP contribution >= 0.6 is 0 Å². The first-order valence-electron chi connectivity index (χ1n) is 3.84. The predicted octanol–water partition coefficient (Wildman–Crippen LogP) is 0.431. The van der Waals surface area contributed by atoms with Gasteiger partial charge in [-0.1, -0.05) is 0 Å². The summed E-state index contributed by atoms with van der Waals surface area (Å²) in [4.78, 5) is 23.7. The van der Waals surface area contributed by atoms with E-state index in [9.17, 15) is 14.0 Å². The summed E-state index contributed by atoms with van der Waals surface area (Å²) in [5, 5.41) is 0. The third-order valence-electron chi connectivity index (χ3n) is 1.62. The van der Waals surface area contributed by atoms with Crippen molar-refractivity contribution in [1.29, 1.82) is 0 Å². The summed E-state index contributed by atoms with van der Waals surface area (Å²) in [6.45, 7) is 5.23. The average molecular weight is 186 g/mol. The molecule has 0 atom stereocenters. The summed E-state index contributed by atoms with van der Waals surface area (Å²) in [5.74, 6) is -0.950. The molecule has 1 rings (SSSR count). The lowest BCUT2D eigenvalue weighted by Crippen LogP contribution is -2.39. The number of aromatic amines is 1. The van der Waals surface area contributed by atoms with Gasteiger partial charge in [-0.3, -0.25) is 14.3 Å². The fourth-order valence-corrected chi connectivity index (χ4v) is 0.946. The fourth-order valence-electron chi connectivity index (χ4n) is 0.946. The van der Waals surface area contributed by atoms with Gasteiger partial charge in [0.25, 0.3) is 5.56 Å². The van der Waals surface area contributed by atoms with Gasteiger partial charge in [0.1, 0.15) is 0 Å². The normalized spacial score (nSPS) is 11.7. The summed E-state index contributed by atoms with van der Waals surface area (Å²) in [5.41, 5.74) is -2.12. The first kappa shape index (κ1) is 9.70. The Morgan fingerprint density at radius 2 is 1.92 bits per heavy atom. The van der Waals surface area contributed by atoms with Crippen LogP contribution < -0.4 is 11.2 Å². The van der Waals surface area contributed by atoms with E-state index in [1.165, 1.54) is 0 Å². The van der Waals surface area contributed by atoms with Crippen molar-refractivity contribution in [3.05, 3.63) is 32.9 Å². The van der Waals surface area contributed by atoms with E-state index in [1.54, 1.807) is 20.8 Å². The van der Waals surface area contributed by atoms with Crippen LogP contribution in [0.5, 0.6) is 0 Å². The summed E-state index contributed by atoms with van der Waals surface area (Å²) in [6.07, 6.45) is 0.918. The average Bonchev–Trinajstić information content (AvgIpc) is 1.94. The number of aromatic nitrogens is 2. The molecule has 1 aromatic heterocycles. The highest BCUT2D eigenvalue weighted by atomic mass is 19.1. The molecule has 0 saturated carbocycles. The Kier molecular flexibility index (Phi) is 2.11. The number of nitrogens with one attached hydrogen (secondary N) is 1. The lowest BCUT2D eigenvalue weighted by atomic mass is 10.1. The second-order valence-corrected chi connectivity index (χ2v) is 3.78. The zero-order valence-corrected chi connectivity index (χ0v) is 7.72. The number of hydrogen-bond acceptors (Lipinski definition) is 2. The monoisotopic (exact) mass is 186 g/mol. The Hall–Kier alpha value is -1.39. The topological polar surface area (TPSA) is 54.9 Å². The highest BCUT2D eigenvalue weighted by Crippen LogP contribution is 2.08. The van der Waals surface area contributed by atoms with E-state index in [0.29, 0.717) is 0 Å². The van der Waals surface area contributed by atoms with Gasteiger partial charge in [0, 0.05) is 5.54 Å². The first-order chi connectivity index (χ1) is 5.82. The smallest absolute Gasteiger partial charge is 0.292 e. The maximum atomic E-state index is 12.8. The minimum atomic E-state index is -0.981. The van der Waals surface area contributed by atoms with Gasteiger partial charge in [0.15, 0.2) is 0 Å². The van der Waals surface area contributed by atoms with Crippen LogP contribution in [0.4, 0.5) is 4.39 Å². The summed E-state index contributed by atoms with van der Waals surface area (Å²) in [6, 6.07) is 0. The van der Waals surface area contributed by atoms with E-state index >= 15 is 0 Å². The largest absolute Gasteiger partial charge is 0.328 e. The highest BCUT2D eigenvalue weighted by molar-refractivity contribution is 4.91. The molecular weight excluding hydrogens is 175 g/mol. The van der Waals surface area contributed by atoms with Crippen LogP contribution in [-0.4, -0.2) is 9.55 Å². The minimum Gasteiger partial charge on any atom is -0.292 e. The third-order valence-corrected chi connectivity index (χ3v) is 1.62. The molecule has 0 aliphatic heterocycles. The molecule has 0 saturated heterocycles. The van der Waals surface area contributed by atoms with Crippen molar-refractivity contribution in [2.24, 2.45) is 0 Å². The molecule has 72 valence electrons. The molecule has 0 radical (unpaired) electrons. The summed E-state index contributed by atoms with van der Waals surface area (Å²) < 4.78 is 13.9. The Balaban J connectivity index is 3.51. The Labute approximate surface area is 74.0 Å². The van der Waals surface area contributed by atoms with Crippen LogP contribution in [0.15, 0.2) is 15.8 Å². The highest BCUT2D eigenvalue weighted by Gasteiger charge is 2.16. The van der Waals surface area contributed by atoms with E-state index in [4.69, 9.17) is 0 Å². The Morgan fingerprint density at radius 3 is 2.38 bits per heavy atom. The van der Waals surface area contributed by atoms with Crippen molar-refractivity contribution in [3.63, 3.8) is 0 Å². The van der Waals surface area contributed by atoms with Crippen LogP contribution in [0.3, 0.4) is 0 Å². The van der Waals surface area contributed by atoms with Crippen molar-refractivity contribution in [2.45, 2.75) is 26.3 Å². The van der Waals surface area contributed by atoms with Crippen LogP contribution in [0.25, 0.3) is 0 Å². The van der Waals surface area contributed by atoms with Gasteiger partial charge in [0.05, 0.1) is 6.20 Å². The van der Waals surface area contributed by atoms with Gasteiger partial charge in [-0.15, -0.1) is 0 Å². The van der Waals surface area contributed by atoms with E-state index in [1.807, 2.05) is 4.98 Å². The van der Waals surface area contributed by atoms with Crippen molar-refractivity contribution >= 4 is 0 Å². The van der Waals surface area contributed by atoms with E-state index < -0.39 is 22.6 Å². The quantitative estimate of drug-likeness (QED) is 0.638. The number of rotatable bonds is 0. The van der Waals surface area contributed by atoms with Crippen molar-refractivity contribution in [3.8, 4) is 0 Å². The van der Waals surface area contributed by atoms with Crippen molar-refractivity contribution in [1.82, 2.24) is 9.55 Å². The third kappa shape index (κ3) is 1.85. The fraction of sp³-hybridized carbons (Fsp3) is 0.500. The van der Waals surface area contributed by atoms with Crippen LogP contribution in [0.2, 0.25) is 0 Å². The van der Waals surface area contributed by atoms with E-state index in [0.717, 1.165) is 10.8 Å². The zero-order chi connectivity index (χ0) is 10.2. The van der Waals surface area contributed by atoms with Crippen LogP contribution in [0, 0.1) is 5.82 Å². The summed E-state index contributed by atoms with van der Waals surface area (Å²) >= 11 is 0. The zero-order valence-electron chi connectivity index (χ0n) is 7.72.